The number of rotatable bonds is 5. The SMILES string of the molecule is CNCc1ccc(CN2CCCC(OC)C2)cc1.Cl.Cl. The second-order valence-electron chi connectivity index (χ2n) is 5.08. The van der Waals surface area contributed by atoms with Crippen LogP contribution in [-0.4, -0.2) is 38.3 Å². The molecule has 0 spiro atoms. The van der Waals surface area contributed by atoms with Crippen LogP contribution in [0.4, 0.5) is 0 Å². The average molecular weight is 321 g/mol. The highest BCUT2D eigenvalue weighted by Gasteiger charge is 2.19. The number of hydrogen-bond acceptors (Lipinski definition) is 3. The van der Waals surface area contributed by atoms with Gasteiger partial charge in [-0.1, -0.05) is 24.3 Å². The molecule has 0 aliphatic carbocycles. The van der Waals surface area contributed by atoms with Gasteiger partial charge in [-0.05, 0) is 37.6 Å². The number of likely N-dealkylation sites (tertiary alicyclic amines) is 1. The summed E-state index contributed by atoms with van der Waals surface area (Å²) in [5.74, 6) is 0. The molecule has 1 atom stereocenters. The largest absolute Gasteiger partial charge is 0.380 e. The van der Waals surface area contributed by atoms with E-state index >= 15 is 0 Å². The Morgan fingerprint density at radius 1 is 1.20 bits per heavy atom. The number of halogens is 2. The number of nitrogens with one attached hydrogen (secondary N) is 1. The van der Waals surface area contributed by atoms with E-state index < -0.39 is 0 Å². The summed E-state index contributed by atoms with van der Waals surface area (Å²) in [5, 5.41) is 3.17. The first-order chi connectivity index (χ1) is 8.81. The molecule has 1 aromatic rings. The number of nitrogens with zero attached hydrogens (tertiary/aromatic N) is 1. The summed E-state index contributed by atoms with van der Waals surface area (Å²) in [4.78, 5) is 2.49. The van der Waals surface area contributed by atoms with Gasteiger partial charge in [-0.2, -0.15) is 0 Å². The molecule has 0 saturated carbocycles. The quantitative estimate of drug-likeness (QED) is 0.902. The monoisotopic (exact) mass is 320 g/mol. The molecule has 3 nitrogen and oxygen atoms in total. The zero-order valence-electron chi connectivity index (χ0n) is 12.3. The predicted molar refractivity (Wildman–Crippen MR) is 89.0 cm³/mol. The number of piperidine rings is 1. The van der Waals surface area contributed by atoms with Crippen molar-refractivity contribution in [2.24, 2.45) is 0 Å². The summed E-state index contributed by atoms with van der Waals surface area (Å²) >= 11 is 0. The molecule has 0 amide bonds. The molecular formula is C15H26Cl2N2O. The lowest BCUT2D eigenvalue weighted by Gasteiger charge is -2.31. The first-order valence-electron chi connectivity index (χ1n) is 6.79. The Hall–Kier alpha value is -0.320. The third-order valence-corrected chi connectivity index (χ3v) is 3.61. The van der Waals surface area contributed by atoms with Crippen molar-refractivity contribution in [1.29, 1.82) is 0 Å². The van der Waals surface area contributed by atoms with Gasteiger partial charge in [-0.15, -0.1) is 24.8 Å². The van der Waals surface area contributed by atoms with E-state index in [9.17, 15) is 0 Å². The van der Waals surface area contributed by atoms with Crippen LogP contribution in [0.2, 0.25) is 0 Å². The molecule has 0 bridgehead atoms. The van der Waals surface area contributed by atoms with Gasteiger partial charge in [0.1, 0.15) is 0 Å². The highest BCUT2D eigenvalue weighted by atomic mass is 35.5. The van der Waals surface area contributed by atoms with E-state index in [-0.39, 0.29) is 24.8 Å². The molecule has 1 unspecified atom stereocenters. The number of methoxy groups -OCH3 is 1. The predicted octanol–water partition coefficient (Wildman–Crippen LogP) is 2.86. The van der Waals surface area contributed by atoms with Gasteiger partial charge in [0, 0.05) is 26.7 Å². The van der Waals surface area contributed by atoms with Crippen molar-refractivity contribution < 1.29 is 4.74 Å². The summed E-state index contributed by atoms with van der Waals surface area (Å²) in [6.07, 6.45) is 2.87. The van der Waals surface area contributed by atoms with E-state index in [1.165, 1.54) is 30.5 Å². The van der Waals surface area contributed by atoms with Gasteiger partial charge in [-0.25, -0.2) is 0 Å². The van der Waals surface area contributed by atoms with Gasteiger partial charge < -0.3 is 10.1 Å². The van der Waals surface area contributed by atoms with Gasteiger partial charge in [0.25, 0.3) is 0 Å². The van der Waals surface area contributed by atoms with Crippen molar-refractivity contribution in [2.45, 2.75) is 32.0 Å². The van der Waals surface area contributed by atoms with Crippen molar-refractivity contribution in [3.63, 3.8) is 0 Å². The Labute approximate surface area is 134 Å². The molecule has 0 aromatic heterocycles. The van der Waals surface area contributed by atoms with Crippen molar-refractivity contribution in [3.8, 4) is 0 Å². The fraction of sp³-hybridized carbons (Fsp3) is 0.600. The summed E-state index contributed by atoms with van der Waals surface area (Å²) in [6.45, 7) is 4.24. The van der Waals surface area contributed by atoms with Crippen LogP contribution in [0.25, 0.3) is 0 Å². The molecule has 0 radical (unpaired) electrons. The second kappa shape index (κ2) is 10.4. The van der Waals surface area contributed by atoms with Gasteiger partial charge >= 0.3 is 0 Å². The first-order valence-corrected chi connectivity index (χ1v) is 6.79. The number of benzene rings is 1. The van der Waals surface area contributed by atoms with Gasteiger partial charge in [-0.3, -0.25) is 4.90 Å². The van der Waals surface area contributed by atoms with Crippen LogP contribution >= 0.6 is 24.8 Å². The lowest BCUT2D eigenvalue weighted by atomic mass is 10.1. The van der Waals surface area contributed by atoms with Crippen LogP contribution in [0, 0.1) is 0 Å². The summed E-state index contributed by atoms with van der Waals surface area (Å²) in [6, 6.07) is 8.90. The maximum atomic E-state index is 5.46. The third kappa shape index (κ3) is 5.98. The maximum Gasteiger partial charge on any atom is 0.0698 e. The highest BCUT2D eigenvalue weighted by molar-refractivity contribution is 5.85. The molecule has 5 heteroatoms. The van der Waals surface area contributed by atoms with E-state index in [0.29, 0.717) is 6.10 Å². The Morgan fingerprint density at radius 3 is 2.45 bits per heavy atom. The van der Waals surface area contributed by atoms with Crippen molar-refractivity contribution in [1.82, 2.24) is 10.2 Å². The molecule has 1 N–H and O–H groups in total. The summed E-state index contributed by atoms with van der Waals surface area (Å²) in [7, 11) is 3.80. The van der Waals surface area contributed by atoms with Crippen LogP contribution in [0.1, 0.15) is 24.0 Å². The van der Waals surface area contributed by atoms with E-state index in [2.05, 4.69) is 34.5 Å². The van der Waals surface area contributed by atoms with E-state index in [4.69, 9.17) is 4.74 Å². The van der Waals surface area contributed by atoms with Crippen molar-refractivity contribution >= 4 is 24.8 Å². The lowest BCUT2D eigenvalue weighted by molar-refractivity contribution is 0.0285. The molecule has 1 aromatic carbocycles. The van der Waals surface area contributed by atoms with E-state index in [1.54, 1.807) is 0 Å². The van der Waals surface area contributed by atoms with Gasteiger partial charge in [0.2, 0.25) is 0 Å². The molecule has 1 fully saturated rings. The smallest absolute Gasteiger partial charge is 0.0698 e. The topological polar surface area (TPSA) is 24.5 Å². The molecule has 20 heavy (non-hydrogen) atoms. The minimum atomic E-state index is 0. The molecular weight excluding hydrogens is 295 g/mol. The second-order valence-corrected chi connectivity index (χ2v) is 5.08. The molecule has 1 aliphatic heterocycles. The number of hydrogen-bond donors (Lipinski definition) is 1. The minimum Gasteiger partial charge on any atom is -0.380 e. The normalized spacial score (nSPS) is 19.0. The Morgan fingerprint density at radius 2 is 1.85 bits per heavy atom. The minimum absolute atomic E-state index is 0. The summed E-state index contributed by atoms with van der Waals surface area (Å²) in [5.41, 5.74) is 2.74. The van der Waals surface area contributed by atoms with Crippen LogP contribution < -0.4 is 5.32 Å². The Kier molecular flexibility index (Phi) is 10.2. The van der Waals surface area contributed by atoms with Crippen LogP contribution in [0.15, 0.2) is 24.3 Å². The highest BCUT2D eigenvalue weighted by Crippen LogP contribution is 2.15. The van der Waals surface area contributed by atoms with Crippen molar-refractivity contribution in [3.05, 3.63) is 35.4 Å². The molecule has 2 rings (SSSR count). The molecule has 116 valence electrons. The maximum absolute atomic E-state index is 5.46. The molecule has 1 aliphatic rings. The van der Waals surface area contributed by atoms with Gasteiger partial charge in [0.05, 0.1) is 6.10 Å². The summed E-state index contributed by atoms with van der Waals surface area (Å²) < 4.78 is 5.46. The molecule has 1 heterocycles. The third-order valence-electron chi connectivity index (χ3n) is 3.61. The van der Waals surface area contributed by atoms with Crippen molar-refractivity contribution in [2.75, 3.05) is 27.2 Å². The zero-order chi connectivity index (χ0) is 12.8. The lowest BCUT2D eigenvalue weighted by Crippen LogP contribution is -2.38. The number of ether oxygens (including phenoxy) is 1. The van der Waals surface area contributed by atoms with E-state index in [0.717, 1.165) is 19.6 Å². The standard InChI is InChI=1S/C15H24N2O.2ClH/c1-16-10-13-5-7-14(8-6-13)11-17-9-3-4-15(12-17)18-2;;/h5-8,15-16H,3-4,9-12H2,1-2H3;2*1H. The van der Waals surface area contributed by atoms with Crippen LogP contribution in [-0.2, 0) is 17.8 Å². The first kappa shape index (κ1) is 19.7. The van der Waals surface area contributed by atoms with E-state index in [1.807, 2.05) is 14.2 Å². The average Bonchev–Trinajstić information content (AvgIpc) is 2.42. The van der Waals surface area contributed by atoms with Crippen LogP contribution in [0.3, 0.4) is 0 Å². The Bertz CT molecular complexity index is 359. The fourth-order valence-electron chi connectivity index (χ4n) is 2.57. The zero-order valence-corrected chi connectivity index (χ0v) is 13.9. The molecule has 1 saturated heterocycles. The van der Waals surface area contributed by atoms with Crippen LogP contribution in [0.5, 0.6) is 0 Å². The van der Waals surface area contributed by atoms with Gasteiger partial charge in [0.15, 0.2) is 0 Å². The Balaban J connectivity index is 0.00000180. The fourth-order valence-corrected chi connectivity index (χ4v) is 2.57.